The van der Waals surface area contributed by atoms with Gasteiger partial charge in [0.15, 0.2) is 6.10 Å². The van der Waals surface area contributed by atoms with Crippen LogP contribution in [0.1, 0.15) is 24.2 Å². The molecule has 21 heavy (non-hydrogen) atoms. The van der Waals surface area contributed by atoms with Crippen molar-refractivity contribution in [3.63, 3.8) is 0 Å². The van der Waals surface area contributed by atoms with Gasteiger partial charge in [-0.1, -0.05) is 26.0 Å². The average molecular weight is 293 g/mol. The average Bonchev–Trinajstić information content (AvgIpc) is 2.43. The normalized spacial score (nSPS) is 11.6. The first-order chi connectivity index (χ1) is 9.86. The molecule has 1 aromatic rings. The number of ether oxygens (including phenoxy) is 1. The Bertz CT molecular complexity index is 543. The maximum Gasteiger partial charge on any atom is 0.341 e. The van der Waals surface area contributed by atoms with E-state index in [-0.39, 0.29) is 5.92 Å². The van der Waals surface area contributed by atoms with E-state index >= 15 is 0 Å². The van der Waals surface area contributed by atoms with Crippen LogP contribution in [-0.4, -0.2) is 31.1 Å². The molecule has 0 aliphatic carbocycles. The first-order valence-corrected chi connectivity index (χ1v) is 6.44. The predicted molar refractivity (Wildman–Crippen MR) is 77.8 cm³/mol. The molecule has 0 fully saturated rings. The number of carbonyl (C=O) groups excluding carboxylic acids is 3. The number of rotatable bonds is 5. The molecule has 1 aromatic carbocycles. The van der Waals surface area contributed by atoms with E-state index in [1.165, 1.54) is 0 Å². The smallest absolute Gasteiger partial charge is 0.341 e. The lowest BCUT2D eigenvalue weighted by Gasteiger charge is -2.20. The molecule has 4 N–H and O–H groups in total. The summed E-state index contributed by atoms with van der Waals surface area (Å²) in [5.41, 5.74) is 5.78. The third-order valence-electron chi connectivity index (χ3n) is 2.76. The number of hydrogen-bond donors (Lipinski definition) is 3. The van der Waals surface area contributed by atoms with Gasteiger partial charge in [0, 0.05) is 12.7 Å². The molecule has 0 spiro atoms. The van der Waals surface area contributed by atoms with Gasteiger partial charge in [-0.05, 0) is 18.1 Å². The Morgan fingerprint density at radius 3 is 2.33 bits per heavy atom. The van der Waals surface area contributed by atoms with Crippen molar-refractivity contribution in [2.24, 2.45) is 11.7 Å². The van der Waals surface area contributed by atoms with Crippen LogP contribution in [0.15, 0.2) is 24.3 Å². The van der Waals surface area contributed by atoms with Crippen molar-refractivity contribution in [3.8, 4) is 0 Å². The van der Waals surface area contributed by atoms with Crippen molar-refractivity contribution < 1.29 is 19.1 Å². The van der Waals surface area contributed by atoms with Gasteiger partial charge in [0.05, 0.1) is 5.56 Å². The monoisotopic (exact) mass is 293 g/mol. The van der Waals surface area contributed by atoms with E-state index in [9.17, 15) is 14.4 Å². The topological polar surface area (TPSA) is 111 Å². The summed E-state index contributed by atoms with van der Waals surface area (Å²) in [6, 6.07) is 5.76. The number of para-hydroxylation sites is 1. The third-order valence-corrected chi connectivity index (χ3v) is 2.76. The first kappa shape index (κ1) is 16.5. The SMILES string of the molecule is CNc1ccccc1C(=O)O[C@H](C(=O)NC(N)=O)C(C)C. The molecular formula is C14H19N3O4. The summed E-state index contributed by atoms with van der Waals surface area (Å²) in [6.07, 6.45) is -1.10. The van der Waals surface area contributed by atoms with Crippen molar-refractivity contribution in [1.29, 1.82) is 0 Å². The maximum absolute atomic E-state index is 12.2. The minimum atomic E-state index is -1.10. The van der Waals surface area contributed by atoms with Gasteiger partial charge in [-0.2, -0.15) is 0 Å². The molecule has 0 heterocycles. The zero-order chi connectivity index (χ0) is 16.0. The van der Waals surface area contributed by atoms with Crippen LogP contribution in [0.4, 0.5) is 10.5 Å². The highest BCUT2D eigenvalue weighted by molar-refractivity contribution is 6.00. The lowest BCUT2D eigenvalue weighted by Crippen LogP contribution is -2.45. The summed E-state index contributed by atoms with van der Waals surface area (Å²) in [5, 5.41) is 4.78. The Labute approximate surface area is 122 Å². The molecule has 1 atom stereocenters. The number of esters is 1. The Kier molecular flexibility index (Phi) is 5.71. The summed E-state index contributed by atoms with van der Waals surface area (Å²) in [7, 11) is 1.67. The number of anilines is 1. The number of carbonyl (C=O) groups is 3. The number of imide groups is 1. The van der Waals surface area contributed by atoms with Gasteiger partial charge in [0.2, 0.25) is 0 Å². The molecule has 114 valence electrons. The fourth-order valence-corrected chi connectivity index (χ4v) is 1.74. The summed E-state index contributed by atoms with van der Waals surface area (Å²) in [5.74, 6) is -1.71. The van der Waals surface area contributed by atoms with Crippen LogP contribution < -0.4 is 16.4 Å². The molecule has 0 aliphatic heterocycles. The zero-order valence-electron chi connectivity index (χ0n) is 12.2. The Hall–Kier alpha value is -2.57. The predicted octanol–water partition coefficient (Wildman–Crippen LogP) is 1.10. The molecule has 7 nitrogen and oxygen atoms in total. The van der Waals surface area contributed by atoms with Gasteiger partial charge in [-0.15, -0.1) is 0 Å². The van der Waals surface area contributed by atoms with Crippen LogP contribution in [0.3, 0.4) is 0 Å². The van der Waals surface area contributed by atoms with Gasteiger partial charge < -0.3 is 15.8 Å². The molecule has 0 aromatic heterocycles. The van der Waals surface area contributed by atoms with Gasteiger partial charge in [-0.3, -0.25) is 10.1 Å². The lowest BCUT2D eigenvalue weighted by atomic mass is 10.1. The molecule has 0 unspecified atom stereocenters. The second kappa shape index (κ2) is 7.28. The number of amides is 3. The van der Waals surface area contributed by atoms with Crippen molar-refractivity contribution in [1.82, 2.24) is 5.32 Å². The molecule has 3 amide bonds. The van der Waals surface area contributed by atoms with Crippen LogP contribution in [0, 0.1) is 5.92 Å². The number of urea groups is 1. The lowest BCUT2D eigenvalue weighted by molar-refractivity contribution is -0.130. The molecule has 0 radical (unpaired) electrons. The van der Waals surface area contributed by atoms with Gasteiger partial charge >= 0.3 is 12.0 Å². The fourth-order valence-electron chi connectivity index (χ4n) is 1.74. The minimum Gasteiger partial charge on any atom is -0.448 e. The summed E-state index contributed by atoms with van der Waals surface area (Å²) in [6.45, 7) is 3.39. The van der Waals surface area contributed by atoms with Crippen LogP contribution in [0.5, 0.6) is 0 Å². The second-order valence-electron chi connectivity index (χ2n) is 4.72. The number of primary amides is 1. The first-order valence-electron chi connectivity index (χ1n) is 6.44. The minimum absolute atomic E-state index is 0.303. The van der Waals surface area contributed by atoms with Crippen LogP contribution in [0.25, 0.3) is 0 Å². The Balaban J connectivity index is 2.91. The van der Waals surface area contributed by atoms with Gasteiger partial charge in [-0.25, -0.2) is 9.59 Å². The van der Waals surface area contributed by atoms with Crippen molar-refractivity contribution in [2.45, 2.75) is 20.0 Å². The molecule has 0 aliphatic rings. The van der Waals surface area contributed by atoms with Gasteiger partial charge in [0.1, 0.15) is 0 Å². The molecular weight excluding hydrogens is 274 g/mol. The largest absolute Gasteiger partial charge is 0.448 e. The molecule has 0 saturated carbocycles. The highest BCUT2D eigenvalue weighted by atomic mass is 16.5. The third kappa shape index (κ3) is 4.48. The van der Waals surface area contributed by atoms with Crippen molar-refractivity contribution >= 4 is 23.6 Å². The molecule has 0 bridgehead atoms. The summed E-state index contributed by atoms with van der Waals surface area (Å²) >= 11 is 0. The van der Waals surface area contributed by atoms with E-state index in [0.29, 0.717) is 11.3 Å². The van der Waals surface area contributed by atoms with E-state index < -0.39 is 24.0 Å². The summed E-state index contributed by atoms with van der Waals surface area (Å²) < 4.78 is 5.20. The number of benzene rings is 1. The van der Waals surface area contributed by atoms with E-state index in [1.54, 1.807) is 45.2 Å². The quantitative estimate of drug-likeness (QED) is 0.704. The van der Waals surface area contributed by atoms with Crippen molar-refractivity contribution in [2.75, 3.05) is 12.4 Å². The van der Waals surface area contributed by atoms with Crippen LogP contribution in [0.2, 0.25) is 0 Å². The maximum atomic E-state index is 12.2. The number of nitrogens with one attached hydrogen (secondary N) is 2. The Morgan fingerprint density at radius 1 is 1.19 bits per heavy atom. The number of nitrogens with two attached hydrogens (primary N) is 1. The Morgan fingerprint density at radius 2 is 1.81 bits per heavy atom. The van der Waals surface area contributed by atoms with Crippen molar-refractivity contribution in [3.05, 3.63) is 29.8 Å². The van der Waals surface area contributed by atoms with E-state index in [1.807, 2.05) is 5.32 Å². The second-order valence-corrected chi connectivity index (χ2v) is 4.72. The zero-order valence-corrected chi connectivity index (χ0v) is 12.2. The number of hydrogen-bond acceptors (Lipinski definition) is 5. The standard InChI is InChI=1S/C14H19N3O4/c1-8(2)11(12(18)17-14(15)20)21-13(19)9-6-4-5-7-10(9)16-3/h4-8,11,16H,1-3H3,(H3,15,17,18,20)/t11-/m0/s1. The van der Waals surface area contributed by atoms with Crippen LogP contribution in [-0.2, 0) is 9.53 Å². The highest BCUT2D eigenvalue weighted by Gasteiger charge is 2.28. The highest BCUT2D eigenvalue weighted by Crippen LogP contribution is 2.18. The fraction of sp³-hybridized carbons (Fsp3) is 0.357. The van der Waals surface area contributed by atoms with Crippen LogP contribution >= 0.6 is 0 Å². The van der Waals surface area contributed by atoms with E-state index in [4.69, 9.17) is 10.5 Å². The van der Waals surface area contributed by atoms with Gasteiger partial charge in [0.25, 0.3) is 5.91 Å². The summed E-state index contributed by atoms with van der Waals surface area (Å²) in [4.78, 5) is 34.7. The van der Waals surface area contributed by atoms with E-state index in [2.05, 4.69) is 5.32 Å². The molecule has 7 heteroatoms. The van der Waals surface area contributed by atoms with E-state index in [0.717, 1.165) is 0 Å². The molecule has 1 rings (SSSR count). The molecule has 0 saturated heterocycles.